The number of carbonyl (C=O) groups excluding carboxylic acids is 1. The van der Waals surface area contributed by atoms with Gasteiger partial charge in [-0.25, -0.2) is 4.98 Å². The highest BCUT2D eigenvalue weighted by molar-refractivity contribution is 7.98. The molecule has 1 amide bonds. The van der Waals surface area contributed by atoms with Crippen LogP contribution in [-0.2, 0) is 10.5 Å². The van der Waals surface area contributed by atoms with Gasteiger partial charge in [0.25, 0.3) is 0 Å². The highest BCUT2D eigenvalue weighted by atomic mass is 32.2. The van der Waals surface area contributed by atoms with E-state index in [1.807, 2.05) is 6.92 Å². The van der Waals surface area contributed by atoms with E-state index in [-0.39, 0.29) is 12.5 Å². The van der Waals surface area contributed by atoms with Crippen LogP contribution in [-0.4, -0.2) is 34.9 Å². The topological polar surface area (TPSA) is 62.2 Å². The summed E-state index contributed by atoms with van der Waals surface area (Å²) in [6, 6.07) is 0. The number of aliphatic hydroxyl groups is 1. The first-order valence-electron chi connectivity index (χ1n) is 6.58. The summed E-state index contributed by atoms with van der Waals surface area (Å²) in [6.07, 6.45) is 3.29. The smallest absolute Gasteiger partial charge is 0.220 e. The predicted octanol–water partition coefficient (Wildman–Crippen LogP) is 2.35. The lowest BCUT2D eigenvalue weighted by molar-refractivity contribution is -0.120. The van der Waals surface area contributed by atoms with Crippen LogP contribution in [0.2, 0.25) is 0 Å². The quantitative estimate of drug-likeness (QED) is 0.651. The van der Waals surface area contributed by atoms with Crippen molar-refractivity contribution in [3.63, 3.8) is 0 Å². The Morgan fingerprint density at radius 3 is 3.00 bits per heavy atom. The van der Waals surface area contributed by atoms with Crippen molar-refractivity contribution in [3.8, 4) is 0 Å². The van der Waals surface area contributed by atoms with E-state index in [2.05, 4.69) is 15.7 Å². The van der Waals surface area contributed by atoms with Crippen molar-refractivity contribution in [3.05, 3.63) is 16.1 Å². The van der Waals surface area contributed by atoms with Gasteiger partial charge in [0, 0.05) is 36.5 Å². The Bertz CT molecular complexity index is 369. The molecule has 0 bridgehead atoms. The van der Waals surface area contributed by atoms with Gasteiger partial charge in [-0.3, -0.25) is 4.79 Å². The maximum atomic E-state index is 11.5. The maximum absolute atomic E-state index is 11.5. The first-order chi connectivity index (χ1) is 9.22. The van der Waals surface area contributed by atoms with Crippen molar-refractivity contribution < 1.29 is 9.90 Å². The Morgan fingerprint density at radius 2 is 2.32 bits per heavy atom. The number of aryl methyl sites for hydroxylation is 1. The molecule has 0 atom stereocenters. The number of amides is 1. The molecule has 0 saturated carbocycles. The van der Waals surface area contributed by atoms with Crippen molar-refractivity contribution in [2.45, 2.75) is 38.4 Å². The number of hydrogen-bond donors (Lipinski definition) is 2. The summed E-state index contributed by atoms with van der Waals surface area (Å²) < 4.78 is 0. The second-order valence-electron chi connectivity index (χ2n) is 4.29. The van der Waals surface area contributed by atoms with Gasteiger partial charge in [0.2, 0.25) is 5.91 Å². The van der Waals surface area contributed by atoms with E-state index in [0.717, 1.165) is 48.0 Å². The Kier molecular flexibility index (Phi) is 8.86. The van der Waals surface area contributed by atoms with Gasteiger partial charge < -0.3 is 10.4 Å². The molecule has 0 aromatic carbocycles. The number of aromatic nitrogens is 1. The third-order valence-electron chi connectivity index (χ3n) is 2.55. The van der Waals surface area contributed by atoms with E-state index in [9.17, 15) is 4.79 Å². The van der Waals surface area contributed by atoms with Gasteiger partial charge in [0.05, 0.1) is 10.7 Å². The van der Waals surface area contributed by atoms with Crippen LogP contribution in [0, 0.1) is 6.92 Å². The summed E-state index contributed by atoms with van der Waals surface area (Å²) in [5.74, 6) is 1.83. The fourth-order valence-corrected chi connectivity index (χ4v) is 3.10. The Labute approximate surface area is 123 Å². The molecule has 1 aromatic rings. The molecule has 108 valence electrons. The van der Waals surface area contributed by atoms with E-state index in [4.69, 9.17) is 5.11 Å². The Hall–Kier alpha value is -0.590. The highest BCUT2D eigenvalue weighted by Gasteiger charge is 2.02. The van der Waals surface area contributed by atoms with Gasteiger partial charge in [-0.05, 0) is 26.2 Å². The fraction of sp³-hybridized carbons (Fsp3) is 0.692. The van der Waals surface area contributed by atoms with Crippen LogP contribution in [0.25, 0.3) is 0 Å². The molecule has 0 saturated heterocycles. The molecule has 0 aliphatic heterocycles. The molecule has 1 heterocycles. The lowest BCUT2D eigenvalue weighted by Gasteiger charge is -2.04. The standard InChI is InChI=1S/C13H22N2O2S2/c1-11-15-12(10-19-11)9-18-8-5-13(17)14-6-3-2-4-7-16/h10,16H,2-9H2,1H3,(H,14,17). The van der Waals surface area contributed by atoms with Gasteiger partial charge in [0.15, 0.2) is 0 Å². The van der Waals surface area contributed by atoms with Gasteiger partial charge in [-0.15, -0.1) is 11.3 Å². The molecule has 0 spiro atoms. The molecule has 0 radical (unpaired) electrons. The first kappa shape index (κ1) is 16.5. The van der Waals surface area contributed by atoms with Crippen LogP contribution in [0.1, 0.15) is 36.4 Å². The lowest BCUT2D eigenvalue weighted by atomic mass is 10.2. The predicted molar refractivity (Wildman–Crippen MR) is 81.6 cm³/mol. The number of unbranched alkanes of at least 4 members (excludes halogenated alkanes) is 2. The van der Waals surface area contributed by atoms with Crippen LogP contribution >= 0.6 is 23.1 Å². The summed E-state index contributed by atoms with van der Waals surface area (Å²) >= 11 is 3.41. The van der Waals surface area contributed by atoms with Crippen LogP contribution in [0.15, 0.2) is 5.38 Å². The largest absolute Gasteiger partial charge is 0.396 e. The molecule has 6 heteroatoms. The van der Waals surface area contributed by atoms with E-state index in [1.54, 1.807) is 23.1 Å². The molecular weight excluding hydrogens is 280 g/mol. The third kappa shape index (κ3) is 8.23. The molecular formula is C13H22N2O2S2. The van der Waals surface area contributed by atoms with E-state index >= 15 is 0 Å². The second kappa shape index (κ2) is 10.2. The molecule has 0 fully saturated rings. The van der Waals surface area contributed by atoms with Crippen LogP contribution < -0.4 is 5.32 Å². The summed E-state index contributed by atoms with van der Waals surface area (Å²) in [6.45, 7) is 2.96. The number of nitrogens with zero attached hydrogens (tertiary/aromatic N) is 1. The number of carbonyl (C=O) groups is 1. The fourth-order valence-electron chi connectivity index (χ4n) is 1.55. The Balaban J connectivity index is 1.95. The van der Waals surface area contributed by atoms with Crippen molar-refractivity contribution in [2.75, 3.05) is 18.9 Å². The average molecular weight is 302 g/mol. The monoisotopic (exact) mass is 302 g/mol. The highest BCUT2D eigenvalue weighted by Crippen LogP contribution is 2.15. The third-order valence-corrected chi connectivity index (χ3v) is 4.36. The summed E-state index contributed by atoms with van der Waals surface area (Å²) in [4.78, 5) is 15.9. The van der Waals surface area contributed by atoms with Gasteiger partial charge in [0.1, 0.15) is 0 Å². The second-order valence-corrected chi connectivity index (χ2v) is 6.46. The van der Waals surface area contributed by atoms with Gasteiger partial charge in [-0.1, -0.05) is 0 Å². The van der Waals surface area contributed by atoms with Crippen molar-refractivity contribution in [2.24, 2.45) is 0 Å². The van der Waals surface area contributed by atoms with E-state index < -0.39 is 0 Å². The molecule has 19 heavy (non-hydrogen) atoms. The molecule has 1 aromatic heterocycles. The lowest BCUT2D eigenvalue weighted by Crippen LogP contribution is -2.24. The SMILES string of the molecule is Cc1nc(CSCCC(=O)NCCCCCO)cs1. The number of nitrogens with one attached hydrogen (secondary N) is 1. The summed E-state index contributed by atoms with van der Waals surface area (Å²) in [5, 5.41) is 14.7. The number of thiazole rings is 1. The van der Waals surface area contributed by atoms with Crippen molar-refractivity contribution in [1.29, 1.82) is 0 Å². The van der Waals surface area contributed by atoms with Crippen LogP contribution in [0.5, 0.6) is 0 Å². The summed E-state index contributed by atoms with van der Waals surface area (Å²) in [7, 11) is 0. The van der Waals surface area contributed by atoms with Crippen LogP contribution in [0.3, 0.4) is 0 Å². The zero-order valence-corrected chi connectivity index (χ0v) is 13.0. The normalized spacial score (nSPS) is 10.6. The summed E-state index contributed by atoms with van der Waals surface area (Å²) in [5.41, 5.74) is 1.11. The average Bonchev–Trinajstić information content (AvgIpc) is 2.80. The number of thioether (sulfide) groups is 1. The van der Waals surface area contributed by atoms with E-state index in [1.165, 1.54) is 0 Å². The minimum atomic E-state index is 0.117. The molecule has 0 aliphatic rings. The van der Waals surface area contributed by atoms with Gasteiger partial charge in [-0.2, -0.15) is 11.8 Å². The number of rotatable bonds is 10. The number of hydrogen-bond acceptors (Lipinski definition) is 5. The maximum Gasteiger partial charge on any atom is 0.220 e. The molecule has 1 rings (SSSR count). The molecule has 2 N–H and O–H groups in total. The molecule has 0 unspecified atom stereocenters. The van der Waals surface area contributed by atoms with Gasteiger partial charge >= 0.3 is 0 Å². The van der Waals surface area contributed by atoms with Crippen molar-refractivity contribution >= 4 is 29.0 Å². The van der Waals surface area contributed by atoms with Crippen LogP contribution in [0.4, 0.5) is 0 Å². The Morgan fingerprint density at radius 1 is 1.47 bits per heavy atom. The van der Waals surface area contributed by atoms with Crippen molar-refractivity contribution in [1.82, 2.24) is 10.3 Å². The zero-order chi connectivity index (χ0) is 13.9. The van der Waals surface area contributed by atoms with E-state index in [0.29, 0.717) is 6.42 Å². The minimum absolute atomic E-state index is 0.117. The molecule has 4 nitrogen and oxygen atoms in total. The number of aliphatic hydroxyl groups excluding tert-OH is 1. The first-order valence-corrected chi connectivity index (χ1v) is 8.62. The minimum Gasteiger partial charge on any atom is -0.396 e. The zero-order valence-electron chi connectivity index (χ0n) is 11.4. The molecule has 0 aliphatic carbocycles.